The van der Waals surface area contributed by atoms with E-state index in [9.17, 15) is 9.59 Å². The standard InChI is InChI=1S/C31H26I2N2O5S/c1-4-39-30(37)27-18(2)34-31-35(28(27)21-8-11-23(38-3)12-9-21)29(36)26(41-31)15-19-6-5-7-20(14-19)17-40-25-13-10-22(32)16-24(25)33/h5-16,28H,4,17H2,1-3H3/b26-15-/t28-/m0/s1. The summed E-state index contributed by atoms with van der Waals surface area (Å²) in [5.74, 6) is 1.02. The largest absolute Gasteiger partial charge is 0.497 e. The number of rotatable bonds is 8. The zero-order valence-corrected chi connectivity index (χ0v) is 27.7. The molecule has 0 amide bonds. The van der Waals surface area contributed by atoms with Gasteiger partial charge in [-0.3, -0.25) is 9.36 Å². The molecule has 2 heterocycles. The Morgan fingerprint density at radius 2 is 1.88 bits per heavy atom. The van der Waals surface area contributed by atoms with Crippen molar-refractivity contribution >= 4 is 68.6 Å². The Bertz CT molecular complexity index is 1830. The molecule has 7 nitrogen and oxygen atoms in total. The van der Waals surface area contributed by atoms with Crippen LogP contribution < -0.4 is 24.4 Å². The van der Waals surface area contributed by atoms with Crippen LogP contribution in [0.2, 0.25) is 0 Å². The third kappa shape index (κ3) is 6.44. The van der Waals surface area contributed by atoms with Crippen LogP contribution in [-0.2, 0) is 16.1 Å². The molecule has 0 unspecified atom stereocenters. The van der Waals surface area contributed by atoms with Crippen LogP contribution in [0.25, 0.3) is 6.08 Å². The summed E-state index contributed by atoms with van der Waals surface area (Å²) in [5, 5.41) is 0. The molecular formula is C31H26I2N2O5S. The second-order valence-electron chi connectivity index (χ2n) is 9.18. The Morgan fingerprint density at radius 3 is 2.59 bits per heavy atom. The van der Waals surface area contributed by atoms with Gasteiger partial charge in [-0.15, -0.1) is 0 Å². The van der Waals surface area contributed by atoms with Gasteiger partial charge in [-0.2, -0.15) is 0 Å². The van der Waals surface area contributed by atoms with E-state index in [2.05, 4.69) is 56.2 Å². The lowest BCUT2D eigenvalue weighted by Gasteiger charge is -2.24. The average molecular weight is 792 g/mol. The normalized spacial score (nSPS) is 14.9. The number of hydrogen-bond acceptors (Lipinski definition) is 7. The van der Waals surface area contributed by atoms with Gasteiger partial charge in [0.1, 0.15) is 18.1 Å². The molecule has 1 aliphatic rings. The van der Waals surface area contributed by atoms with Crippen LogP contribution >= 0.6 is 56.5 Å². The second-order valence-corrected chi connectivity index (χ2v) is 12.6. The molecule has 0 saturated heterocycles. The monoisotopic (exact) mass is 792 g/mol. The third-order valence-electron chi connectivity index (χ3n) is 6.49. The Morgan fingerprint density at radius 1 is 1.10 bits per heavy atom. The SMILES string of the molecule is CCOC(=O)C1=C(C)N=c2s/c(=C\c3cccc(COc4ccc(I)cc4I)c3)c(=O)n2[C@H]1c1ccc(OC)cc1. The number of benzene rings is 3. The summed E-state index contributed by atoms with van der Waals surface area (Å²) in [6.45, 7) is 4.15. The fourth-order valence-electron chi connectivity index (χ4n) is 4.57. The minimum absolute atomic E-state index is 0.220. The molecule has 0 fully saturated rings. The van der Waals surface area contributed by atoms with Crippen LogP contribution in [0.3, 0.4) is 0 Å². The summed E-state index contributed by atoms with van der Waals surface area (Å²) in [6, 6.07) is 20.6. The first-order valence-corrected chi connectivity index (χ1v) is 15.8. The smallest absolute Gasteiger partial charge is 0.338 e. The van der Waals surface area contributed by atoms with Crippen LogP contribution in [-0.4, -0.2) is 24.3 Å². The molecule has 3 aromatic carbocycles. The predicted octanol–water partition coefficient (Wildman–Crippen LogP) is 5.60. The molecule has 1 aromatic heterocycles. The van der Waals surface area contributed by atoms with Crippen LogP contribution in [0.5, 0.6) is 11.5 Å². The topological polar surface area (TPSA) is 79.1 Å². The first kappa shape index (κ1) is 29.5. The summed E-state index contributed by atoms with van der Waals surface area (Å²) in [4.78, 5) is 32.1. The highest BCUT2D eigenvalue weighted by molar-refractivity contribution is 14.1. The molecule has 0 aliphatic carbocycles. The Labute approximate surface area is 268 Å². The van der Waals surface area contributed by atoms with E-state index in [1.54, 1.807) is 25.5 Å². The number of hydrogen-bond donors (Lipinski definition) is 0. The maximum atomic E-state index is 13.9. The van der Waals surface area contributed by atoms with E-state index in [-0.39, 0.29) is 12.2 Å². The molecule has 1 atom stereocenters. The Balaban J connectivity index is 1.53. The minimum atomic E-state index is -0.672. The van der Waals surface area contributed by atoms with Gasteiger partial charge < -0.3 is 14.2 Å². The fraction of sp³-hybridized carbons (Fsp3) is 0.194. The van der Waals surface area contributed by atoms with Crippen LogP contribution in [0.15, 0.2) is 87.8 Å². The van der Waals surface area contributed by atoms with Gasteiger partial charge in [-0.05, 0) is 118 Å². The molecular weight excluding hydrogens is 766 g/mol. The molecule has 10 heteroatoms. The second kappa shape index (κ2) is 12.9. The number of allylic oxidation sites excluding steroid dienone is 1. The van der Waals surface area contributed by atoms with Crippen molar-refractivity contribution < 1.29 is 19.0 Å². The maximum absolute atomic E-state index is 13.9. The van der Waals surface area contributed by atoms with E-state index in [0.29, 0.717) is 33.0 Å². The van der Waals surface area contributed by atoms with E-state index >= 15 is 0 Å². The molecule has 0 saturated carbocycles. The van der Waals surface area contributed by atoms with Crippen molar-refractivity contribution in [2.75, 3.05) is 13.7 Å². The zero-order valence-electron chi connectivity index (χ0n) is 22.5. The first-order valence-electron chi connectivity index (χ1n) is 12.8. The van der Waals surface area contributed by atoms with E-state index in [1.807, 2.05) is 66.7 Å². The van der Waals surface area contributed by atoms with Crippen LogP contribution in [0.1, 0.15) is 36.6 Å². The Hall–Kier alpha value is -2.97. The van der Waals surface area contributed by atoms with Gasteiger partial charge in [0.05, 0.1) is 39.1 Å². The maximum Gasteiger partial charge on any atom is 0.338 e. The summed E-state index contributed by atoms with van der Waals surface area (Å²) < 4.78 is 21.1. The van der Waals surface area contributed by atoms with Crippen molar-refractivity contribution in [2.45, 2.75) is 26.5 Å². The number of fused-ring (bicyclic) bond motifs is 1. The van der Waals surface area contributed by atoms with Gasteiger partial charge in [-0.1, -0.05) is 41.7 Å². The lowest BCUT2D eigenvalue weighted by Crippen LogP contribution is -2.39. The van der Waals surface area contributed by atoms with Gasteiger partial charge >= 0.3 is 5.97 Å². The van der Waals surface area contributed by atoms with Crippen molar-refractivity contribution in [3.63, 3.8) is 0 Å². The van der Waals surface area contributed by atoms with Crippen molar-refractivity contribution in [1.29, 1.82) is 0 Å². The predicted molar refractivity (Wildman–Crippen MR) is 176 cm³/mol. The summed E-state index contributed by atoms with van der Waals surface area (Å²) in [6.07, 6.45) is 1.86. The van der Waals surface area contributed by atoms with E-state index < -0.39 is 12.0 Å². The molecule has 5 rings (SSSR count). The average Bonchev–Trinajstić information content (AvgIpc) is 3.26. The van der Waals surface area contributed by atoms with Gasteiger partial charge in [0.25, 0.3) is 5.56 Å². The van der Waals surface area contributed by atoms with Gasteiger partial charge in [-0.25, -0.2) is 9.79 Å². The molecule has 41 heavy (non-hydrogen) atoms. The molecule has 4 aromatic rings. The number of thiazole rings is 1. The summed E-state index contributed by atoms with van der Waals surface area (Å²) in [5.41, 5.74) is 3.27. The zero-order chi connectivity index (χ0) is 29.1. The number of carbonyl (C=O) groups excluding carboxylic acids is 1. The van der Waals surface area contributed by atoms with Gasteiger partial charge in [0, 0.05) is 3.57 Å². The highest BCUT2D eigenvalue weighted by atomic mass is 127. The number of nitrogens with zero attached hydrogens (tertiary/aromatic N) is 2. The molecule has 0 N–H and O–H groups in total. The number of methoxy groups -OCH3 is 1. The molecule has 0 radical (unpaired) electrons. The van der Waals surface area contributed by atoms with Crippen molar-refractivity contribution in [3.8, 4) is 11.5 Å². The highest BCUT2D eigenvalue weighted by Crippen LogP contribution is 2.31. The van der Waals surface area contributed by atoms with Crippen molar-refractivity contribution in [2.24, 2.45) is 4.99 Å². The number of ether oxygens (including phenoxy) is 3. The highest BCUT2D eigenvalue weighted by Gasteiger charge is 2.33. The number of halogens is 2. The van der Waals surface area contributed by atoms with E-state index in [1.165, 1.54) is 11.3 Å². The number of aromatic nitrogens is 1. The summed E-state index contributed by atoms with van der Waals surface area (Å²) >= 11 is 5.85. The number of carbonyl (C=O) groups is 1. The minimum Gasteiger partial charge on any atom is -0.497 e. The van der Waals surface area contributed by atoms with Crippen molar-refractivity contribution in [3.05, 3.63) is 122 Å². The Kier molecular flexibility index (Phi) is 9.29. The number of esters is 1. The summed E-state index contributed by atoms with van der Waals surface area (Å²) in [7, 11) is 1.59. The van der Waals surface area contributed by atoms with E-state index in [0.717, 1.165) is 29.6 Å². The third-order valence-corrected chi connectivity index (χ3v) is 8.98. The molecule has 0 bridgehead atoms. The van der Waals surface area contributed by atoms with Gasteiger partial charge in [0.2, 0.25) is 0 Å². The quantitative estimate of drug-likeness (QED) is 0.172. The molecule has 1 aliphatic heterocycles. The van der Waals surface area contributed by atoms with Crippen LogP contribution in [0, 0.1) is 7.14 Å². The lowest BCUT2D eigenvalue weighted by molar-refractivity contribution is -0.139. The molecule has 0 spiro atoms. The lowest BCUT2D eigenvalue weighted by atomic mass is 9.96. The van der Waals surface area contributed by atoms with Crippen LogP contribution in [0.4, 0.5) is 0 Å². The van der Waals surface area contributed by atoms with Crippen molar-refractivity contribution in [1.82, 2.24) is 4.57 Å². The van der Waals surface area contributed by atoms with Gasteiger partial charge in [0.15, 0.2) is 4.80 Å². The fourth-order valence-corrected chi connectivity index (χ4v) is 7.38. The molecule has 210 valence electrons. The first-order chi connectivity index (χ1) is 19.8. The van der Waals surface area contributed by atoms with E-state index in [4.69, 9.17) is 14.2 Å².